The monoisotopic (exact) mass is 474 g/mol. The molecule has 2 aliphatic rings. The minimum absolute atomic E-state index is 0.00307. The van der Waals surface area contributed by atoms with Crippen molar-refractivity contribution in [3.8, 4) is 0 Å². The first-order chi connectivity index (χ1) is 15.7. The minimum Gasteiger partial charge on any atom is -0.381 e. The van der Waals surface area contributed by atoms with Crippen molar-refractivity contribution in [3.05, 3.63) is 56.6 Å². The third-order valence-electron chi connectivity index (χ3n) is 6.34. The van der Waals surface area contributed by atoms with E-state index in [2.05, 4.69) is 9.88 Å². The number of fused-ring (bicyclic) bond motifs is 1. The predicted molar refractivity (Wildman–Crippen MR) is 120 cm³/mol. The smallest absolute Gasteiger partial charge is 0.331 e. The third-order valence-corrected chi connectivity index (χ3v) is 7.98. The zero-order chi connectivity index (χ0) is 23.4. The Bertz CT molecular complexity index is 1440. The Morgan fingerprint density at radius 2 is 2.00 bits per heavy atom. The van der Waals surface area contributed by atoms with Crippen LogP contribution in [0.3, 0.4) is 0 Å². The summed E-state index contributed by atoms with van der Waals surface area (Å²) in [7, 11) is -3.81. The van der Waals surface area contributed by atoms with Crippen molar-refractivity contribution in [2.24, 2.45) is 5.92 Å². The molecule has 1 aromatic carbocycles. The number of nitrogens with one attached hydrogen (secondary N) is 1. The summed E-state index contributed by atoms with van der Waals surface area (Å²) in [5.41, 5.74) is -0.460. The summed E-state index contributed by atoms with van der Waals surface area (Å²) in [4.78, 5) is 26.7. The largest absolute Gasteiger partial charge is 0.381 e. The average molecular weight is 475 g/mol. The van der Waals surface area contributed by atoms with Crippen LogP contribution in [0.4, 0.5) is 0 Å². The number of aryl methyl sites for hydroxylation is 1. The SMILES string of the molecule is Cc1cc(Cn2c(=O)c3cc(S(=O)(=O)NC4(C)CC4)ccc3n(CC3CCOC3)c2=O)on1. The first-order valence-electron chi connectivity index (χ1n) is 11.0. The van der Waals surface area contributed by atoms with Crippen molar-refractivity contribution in [1.29, 1.82) is 0 Å². The molecule has 33 heavy (non-hydrogen) atoms. The molecule has 0 amide bonds. The Labute approximate surface area is 190 Å². The lowest BCUT2D eigenvalue weighted by atomic mass is 10.1. The lowest BCUT2D eigenvalue weighted by Gasteiger charge is -2.17. The van der Waals surface area contributed by atoms with Crippen molar-refractivity contribution in [2.75, 3.05) is 13.2 Å². The second-order valence-electron chi connectivity index (χ2n) is 9.29. The lowest BCUT2D eigenvalue weighted by molar-refractivity contribution is 0.182. The summed E-state index contributed by atoms with van der Waals surface area (Å²) < 4.78 is 41.8. The van der Waals surface area contributed by atoms with Crippen molar-refractivity contribution in [3.63, 3.8) is 0 Å². The molecule has 3 aromatic rings. The van der Waals surface area contributed by atoms with E-state index < -0.39 is 26.8 Å². The van der Waals surface area contributed by atoms with Crippen molar-refractivity contribution < 1.29 is 17.7 Å². The molecule has 1 saturated heterocycles. The molecule has 1 atom stereocenters. The maximum Gasteiger partial charge on any atom is 0.331 e. The number of sulfonamides is 1. The molecule has 2 aromatic heterocycles. The summed E-state index contributed by atoms with van der Waals surface area (Å²) >= 11 is 0. The fourth-order valence-corrected chi connectivity index (χ4v) is 5.68. The van der Waals surface area contributed by atoms with Gasteiger partial charge in [0.2, 0.25) is 10.0 Å². The van der Waals surface area contributed by atoms with Gasteiger partial charge in [-0.05, 0) is 51.3 Å². The second kappa shape index (κ2) is 7.93. The highest BCUT2D eigenvalue weighted by Crippen LogP contribution is 2.36. The molecule has 0 spiro atoms. The quantitative estimate of drug-likeness (QED) is 0.548. The van der Waals surface area contributed by atoms with Crippen molar-refractivity contribution >= 4 is 20.9 Å². The first-order valence-corrected chi connectivity index (χ1v) is 12.4. The van der Waals surface area contributed by atoms with Crippen LogP contribution < -0.4 is 16.0 Å². The van der Waals surface area contributed by atoms with Crippen LogP contribution in [0.25, 0.3) is 10.9 Å². The van der Waals surface area contributed by atoms with Gasteiger partial charge in [-0.25, -0.2) is 17.9 Å². The Kier molecular flexibility index (Phi) is 5.30. The molecule has 11 heteroatoms. The predicted octanol–water partition coefficient (Wildman–Crippen LogP) is 1.38. The van der Waals surface area contributed by atoms with Crippen molar-refractivity contribution in [1.82, 2.24) is 19.0 Å². The molecule has 3 heterocycles. The van der Waals surface area contributed by atoms with Gasteiger partial charge < -0.3 is 9.26 Å². The highest BCUT2D eigenvalue weighted by atomic mass is 32.2. The highest BCUT2D eigenvalue weighted by Gasteiger charge is 2.41. The number of ether oxygens (including phenoxy) is 1. The Morgan fingerprint density at radius 1 is 1.21 bits per heavy atom. The van der Waals surface area contributed by atoms with Crippen molar-refractivity contribution in [2.45, 2.75) is 56.6 Å². The van der Waals surface area contributed by atoms with Gasteiger partial charge in [0.05, 0.1) is 34.6 Å². The van der Waals surface area contributed by atoms with Crippen LogP contribution in [-0.4, -0.2) is 41.5 Å². The molecule has 5 rings (SSSR count). The summed E-state index contributed by atoms with van der Waals surface area (Å²) in [5, 5.41) is 3.98. The summed E-state index contributed by atoms with van der Waals surface area (Å²) in [6, 6.07) is 6.00. The van der Waals surface area contributed by atoms with Gasteiger partial charge in [0, 0.05) is 30.7 Å². The molecule has 10 nitrogen and oxygen atoms in total. The molecule has 1 saturated carbocycles. The van der Waals surface area contributed by atoms with Gasteiger partial charge in [0.1, 0.15) is 0 Å². The number of aromatic nitrogens is 3. The normalized spacial score (nSPS) is 19.9. The molecule has 1 N–H and O–H groups in total. The number of hydrogen-bond donors (Lipinski definition) is 1. The lowest BCUT2D eigenvalue weighted by Crippen LogP contribution is -2.41. The topological polar surface area (TPSA) is 125 Å². The molecule has 1 aliphatic heterocycles. The maximum absolute atomic E-state index is 13.4. The third kappa shape index (κ3) is 4.28. The molecular weight excluding hydrogens is 448 g/mol. The molecule has 1 aliphatic carbocycles. The number of benzene rings is 1. The Hall–Kier alpha value is -2.76. The summed E-state index contributed by atoms with van der Waals surface area (Å²) in [6.45, 7) is 5.03. The van der Waals surface area contributed by atoms with E-state index in [1.807, 2.05) is 6.92 Å². The first kappa shape index (κ1) is 22.1. The van der Waals surface area contributed by atoms with Crippen LogP contribution in [0.5, 0.6) is 0 Å². The molecule has 0 bridgehead atoms. The zero-order valence-corrected chi connectivity index (χ0v) is 19.4. The highest BCUT2D eigenvalue weighted by molar-refractivity contribution is 7.89. The number of hydrogen-bond acceptors (Lipinski definition) is 7. The minimum atomic E-state index is -3.81. The van der Waals surface area contributed by atoms with Crippen LogP contribution in [0.2, 0.25) is 0 Å². The fraction of sp³-hybridized carbons (Fsp3) is 0.500. The van der Waals surface area contributed by atoms with E-state index >= 15 is 0 Å². The summed E-state index contributed by atoms with van der Waals surface area (Å²) in [5.74, 6) is 0.498. The van der Waals surface area contributed by atoms with E-state index in [1.165, 1.54) is 16.7 Å². The van der Waals surface area contributed by atoms with Gasteiger partial charge in [-0.2, -0.15) is 0 Å². The van der Waals surface area contributed by atoms with Crippen LogP contribution >= 0.6 is 0 Å². The number of rotatable bonds is 7. The molecular formula is C22H26N4O6S. The van der Waals surface area contributed by atoms with Gasteiger partial charge in [0.25, 0.3) is 5.56 Å². The Morgan fingerprint density at radius 3 is 2.64 bits per heavy atom. The van der Waals surface area contributed by atoms with Gasteiger partial charge in [-0.15, -0.1) is 0 Å². The average Bonchev–Trinajstić information content (AvgIpc) is 3.14. The van der Waals surface area contributed by atoms with Crippen LogP contribution in [-0.2, 0) is 27.8 Å². The molecule has 176 valence electrons. The van der Waals surface area contributed by atoms with Crippen LogP contribution in [0.1, 0.15) is 37.6 Å². The van der Waals surface area contributed by atoms with E-state index in [1.54, 1.807) is 19.1 Å². The van der Waals surface area contributed by atoms with Gasteiger partial charge in [-0.3, -0.25) is 13.9 Å². The number of nitrogens with zero attached hydrogens (tertiary/aromatic N) is 3. The van der Waals surface area contributed by atoms with Gasteiger partial charge in [-0.1, -0.05) is 5.16 Å². The van der Waals surface area contributed by atoms with Gasteiger partial charge in [0.15, 0.2) is 5.76 Å². The van der Waals surface area contributed by atoms with E-state index in [-0.39, 0.29) is 22.7 Å². The van der Waals surface area contributed by atoms with E-state index in [0.29, 0.717) is 36.7 Å². The van der Waals surface area contributed by atoms with Crippen LogP contribution in [0, 0.1) is 12.8 Å². The molecule has 0 radical (unpaired) electrons. The van der Waals surface area contributed by atoms with E-state index in [9.17, 15) is 18.0 Å². The molecule has 1 unspecified atom stereocenters. The molecule has 2 fully saturated rings. The standard InChI is InChI=1S/C22H26N4O6S/c1-14-9-16(32-23-14)12-26-20(27)18-10-17(33(29,30)24-22(2)6-7-22)3-4-19(18)25(21(26)28)11-15-5-8-31-13-15/h3-4,9-10,15,24H,5-8,11-13H2,1-2H3. The van der Waals surface area contributed by atoms with E-state index in [4.69, 9.17) is 9.26 Å². The van der Waals surface area contributed by atoms with Gasteiger partial charge >= 0.3 is 5.69 Å². The zero-order valence-electron chi connectivity index (χ0n) is 18.5. The summed E-state index contributed by atoms with van der Waals surface area (Å²) in [6.07, 6.45) is 2.35. The Balaban J connectivity index is 1.66. The van der Waals surface area contributed by atoms with E-state index in [0.717, 1.165) is 23.8 Å². The second-order valence-corrected chi connectivity index (χ2v) is 11.0. The fourth-order valence-electron chi connectivity index (χ4n) is 4.19. The van der Waals surface area contributed by atoms with Crippen LogP contribution in [0.15, 0.2) is 43.3 Å². The maximum atomic E-state index is 13.4.